The molecular weight excluding hydrogens is 406 g/mol. The van der Waals surface area contributed by atoms with Crippen molar-refractivity contribution >= 4 is 24.0 Å². The summed E-state index contributed by atoms with van der Waals surface area (Å²) in [6, 6.07) is 12.4. The minimum absolute atomic E-state index is 0.0701. The fourth-order valence-electron chi connectivity index (χ4n) is 5.10. The smallest absolute Gasteiger partial charge is 0.258 e. The minimum atomic E-state index is -0.589. The quantitative estimate of drug-likeness (QED) is 0.779. The number of hydrogen-bond donors (Lipinski definition) is 1. The van der Waals surface area contributed by atoms with Crippen molar-refractivity contribution in [3.8, 4) is 0 Å². The Hall–Kier alpha value is -3.19. The number of nitrogens with zero attached hydrogens (tertiary/aromatic N) is 3. The summed E-state index contributed by atoms with van der Waals surface area (Å²) in [4.78, 5) is 42.6. The number of amides is 2. The number of hydrogen-bond acceptors (Lipinski definition) is 4. The van der Waals surface area contributed by atoms with Gasteiger partial charge in [-0.05, 0) is 23.8 Å². The normalized spacial score (nSPS) is 23.9. The fraction of sp³-hybridized carbons (Fsp3) is 0.400. The van der Waals surface area contributed by atoms with Crippen molar-refractivity contribution in [1.29, 1.82) is 0 Å². The molecule has 7 nitrogen and oxygen atoms in total. The summed E-state index contributed by atoms with van der Waals surface area (Å²) in [5.41, 5.74) is 2.04. The molecule has 1 aromatic heterocycles. The molecule has 0 spiro atoms. The van der Waals surface area contributed by atoms with Crippen molar-refractivity contribution in [1.82, 2.24) is 14.4 Å². The average molecular weight is 436 g/mol. The molecule has 1 saturated heterocycles. The first-order valence-corrected chi connectivity index (χ1v) is 11.0. The highest BCUT2D eigenvalue weighted by Crippen LogP contribution is 2.49. The van der Waals surface area contributed by atoms with E-state index in [1.807, 2.05) is 42.5 Å². The molecule has 2 aliphatic rings. The van der Waals surface area contributed by atoms with Crippen LogP contribution in [-0.2, 0) is 16.1 Å². The molecule has 0 unspecified atom stereocenters. The first-order chi connectivity index (χ1) is 15.4. The van der Waals surface area contributed by atoms with Gasteiger partial charge in [0.25, 0.3) is 5.56 Å². The summed E-state index contributed by atoms with van der Waals surface area (Å²) < 4.78 is 1.69. The van der Waals surface area contributed by atoms with Gasteiger partial charge in [0.15, 0.2) is 0 Å². The Morgan fingerprint density at radius 1 is 1.12 bits per heavy atom. The van der Waals surface area contributed by atoms with Crippen molar-refractivity contribution in [2.75, 3.05) is 20.7 Å². The Morgan fingerprint density at radius 2 is 1.84 bits per heavy atom. The van der Waals surface area contributed by atoms with Gasteiger partial charge in [0.2, 0.25) is 11.8 Å². The van der Waals surface area contributed by atoms with Crippen molar-refractivity contribution in [2.45, 2.75) is 32.0 Å². The van der Waals surface area contributed by atoms with E-state index in [4.69, 9.17) is 0 Å². The maximum atomic E-state index is 13.4. The number of aliphatic hydroxyl groups excluding tert-OH is 1. The van der Waals surface area contributed by atoms with Gasteiger partial charge in [-0.3, -0.25) is 14.4 Å². The van der Waals surface area contributed by atoms with Gasteiger partial charge >= 0.3 is 0 Å². The SMILES string of the molecule is CCC(=O)N1[C@@H]2c3ccc(/C=C/c4ccccc4)c(=O)n3C[C@H]1[C@H](CO)[C@H]2C(=O)N(C)C. The number of aliphatic hydroxyl groups is 1. The highest BCUT2D eigenvalue weighted by molar-refractivity contribution is 5.84. The van der Waals surface area contributed by atoms with Gasteiger partial charge in [0, 0.05) is 50.8 Å². The molecule has 1 aromatic carbocycles. The van der Waals surface area contributed by atoms with Gasteiger partial charge in [-0.15, -0.1) is 0 Å². The number of carbonyl (C=O) groups excluding carboxylic acids is 2. The molecule has 0 aliphatic carbocycles. The number of rotatable bonds is 5. The highest BCUT2D eigenvalue weighted by Gasteiger charge is 2.57. The van der Waals surface area contributed by atoms with E-state index in [-0.39, 0.29) is 30.5 Å². The highest BCUT2D eigenvalue weighted by atomic mass is 16.3. The van der Waals surface area contributed by atoms with Gasteiger partial charge in [-0.25, -0.2) is 0 Å². The van der Waals surface area contributed by atoms with E-state index in [2.05, 4.69) is 0 Å². The van der Waals surface area contributed by atoms with Crippen LogP contribution in [0.3, 0.4) is 0 Å². The molecule has 1 N–H and O–H groups in total. The van der Waals surface area contributed by atoms with Crippen molar-refractivity contribution < 1.29 is 14.7 Å². The number of fused-ring (bicyclic) bond motifs is 4. The van der Waals surface area contributed by atoms with Crippen LogP contribution in [0.15, 0.2) is 47.3 Å². The summed E-state index contributed by atoms with van der Waals surface area (Å²) in [5, 5.41) is 10.2. The molecular formula is C25H29N3O4. The molecule has 168 valence electrons. The largest absolute Gasteiger partial charge is 0.396 e. The maximum Gasteiger partial charge on any atom is 0.258 e. The maximum absolute atomic E-state index is 13.4. The van der Waals surface area contributed by atoms with E-state index < -0.39 is 23.9 Å². The molecule has 2 amide bonds. The van der Waals surface area contributed by atoms with Crippen LogP contribution < -0.4 is 5.56 Å². The van der Waals surface area contributed by atoms with E-state index >= 15 is 0 Å². The molecule has 32 heavy (non-hydrogen) atoms. The summed E-state index contributed by atoms with van der Waals surface area (Å²) >= 11 is 0. The van der Waals surface area contributed by atoms with Gasteiger partial charge in [0.1, 0.15) is 0 Å². The van der Waals surface area contributed by atoms with Crippen molar-refractivity contribution in [3.63, 3.8) is 0 Å². The number of carbonyl (C=O) groups is 2. The lowest BCUT2D eigenvalue weighted by Gasteiger charge is -2.38. The van der Waals surface area contributed by atoms with E-state index in [0.717, 1.165) is 5.56 Å². The second kappa shape index (κ2) is 8.74. The molecule has 4 atom stereocenters. The zero-order valence-corrected chi connectivity index (χ0v) is 18.6. The Labute approximate surface area is 187 Å². The van der Waals surface area contributed by atoms with Crippen LogP contribution in [0.1, 0.15) is 36.2 Å². The molecule has 1 fully saturated rings. The number of benzene rings is 1. The van der Waals surface area contributed by atoms with Crippen LogP contribution in [0.5, 0.6) is 0 Å². The molecule has 7 heteroatoms. The Bertz CT molecular complexity index is 1110. The van der Waals surface area contributed by atoms with E-state index in [1.165, 1.54) is 4.90 Å². The molecule has 2 bridgehead atoms. The second-order valence-electron chi connectivity index (χ2n) is 8.64. The average Bonchev–Trinajstić information content (AvgIpc) is 3.04. The third kappa shape index (κ3) is 3.56. The lowest BCUT2D eigenvalue weighted by Crippen LogP contribution is -2.49. The monoisotopic (exact) mass is 435 g/mol. The molecule has 4 rings (SSSR count). The predicted octanol–water partition coefficient (Wildman–Crippen LogP) is 2.01. The van der Waals surface area contributed by atoms with Crippen molar-refractivity contribution in [3.05, 3.63) is 69.6 Å². The zero-order chi connectivity index (χ0) is 23.0. The van der Waals surface area contributed by atoms with Gasteiger partial charge in [-0.2, -0.15) is 0 Å². The van der Waals surface area contributed by atoms with Crippen LogP contribution >= 0.6 is 0 Å². The third-order valence-corrected chi connectivity index (χ3v) is 6.64. The van der Waals surface area contributed by atoms with E-state index in [0.29, 0.717) is 17.7 Å². The molecule has 0 radical (unpaired) electrons. The summed E-state index contributed by atoms with van der Waals surface area (Å²) in [6.45, 7) is 1.84. The summed E-state index contributed by atoms with van der Waals surface area (Å²) in [6.07, 6.45) is 3.99. The molecule has 2 aromatic rings. The standard InChI is InChI=1S/C25H29N3O4/c1-4-21(30)28-20-14-27-19(23(28)22(18(20)15-29)25(32)26(2)3)13-12-17(24(27)31)11-10-16-8-6-5-7-9-16/h5-13,18,20,22-23,29H,4,14-15H2,1-3H3/b11-10+/t18-,20-,22+,23+/m0/s1. The van der Waals surface area contributed by atoms with Crippen LogP contribution in [0, 0.1) is 11.8 Å². The number of pyridine rings is 1. The van der Waals surface area contributed by atoms with Gasteiger partial charge in [0.05, 0.1) is 18.0 Å². The minimum Gasteiger partial charge on any atom is -0.396 e. The molecule has 0 saturated carbocycles. The van der Waals surface area contributed by atoms with Crippen LogP contribution in [0.2, 0.25) is 0 Å². The van der Waals surface area contributed by atoms with Crippen LogP contribution in [-0.4, -0.2) is 58.0 Å². The Balaban J connectivity index is 1.81. The lowest BCUT2D eigenvalue weighted by molar-refractivity contribution is -0.138. The molecule has 3 heterocycles. The van der Waals surface area contributed by atoms with Crippen molar-refractivity contribution in [2.24, 2.45) is 11.8 Å². The second-order valence-corrected chi connectivity index (χ2v) is 8.64. The summed E-state index contributed by atoms with van der Waals surface area (Å²) in [7, 11) is 3.35. The van der Waals surface area contributed by atoms with E-state index in [9.17, 15) is 19.5 Å². The number of aromatic nitrogens is 1. The van der Waals surface area contributed by atoms with Gasteiger partial charge in [-0.1, -0.05) is 43.3 Å². The predicted molar refractivity (Wildman–Crippen MR) is 122 cm³/mol. The fourth-order valence-corrected chi connectivity index (χ4v) is 5.10. The zero-order valence-electron chi connectivity index (χ0n) is 18.6. The molecule has 2 aliphatic heterocycles. The lowest BCUT2D eigenvalue weighted by atomic mass is 9.86. The van der Waals surface area contributed by atoms with Gasteiger partial charge < -0.3 is 19.5 Å². The van der Waals surface area contributed by atoms with E-state index in [1.54, 1.807) is 42.6 Å². The third-order valence-electron chi connectivity index (χ3n) is 6.64. The first kappa shape index (κ1) is 22.0. The van der Waals surface area contributed by atoms with Crippen LogP contribution in [0.25, 0.3) is 12.2 Å². The topological polar surface area (TPSA) is 82.9 Å². The summed E-state index contributed by atoms with van der Waals surface area (Å²) in [5.74, 6) is -1.22. The Kier molecular flexibility index (Phi) is 6.02. The first-order valence-electron chi connectivity index (χ1n) is 11.0. The Morgan fingerprint density at radius 3 is 2.47 bits per heavy atom. The van der Waals surface area contributed by atoms with Crippen LogP contribution in [0.4, 0.5) is 0 Å².